The first-order valence-electron chi connectivity index (χ1n) is 7.86. The summed E-state index contributed by atoms with van der Waals surface area (Å²) < 4.78 is 5.92. The van der Waals surface area contributed by atoms with Crippen molar-refractivity contribution in [2.75, 3.05) is 26.2 Å². The van der Waals surface area contributed by atoms with Gasteiger partial charge in [0, 0.05) is 26.1 Å². The molecule has 0 bridgehead atoms. The Morgan fingerprint density at radius 2 is 2.09 bits per heavy atom. The van der Waals surface area contributed by atoms with Crippen LogP contribution in [0, 0.1) is 0 Å². The highest BCUT2D eigenvalue weighted by molar-refractivity contribution is 5.79. The lowest BCUT2D eigenvalue weighted by Gasteiger charge is -2.28. The minimum absolute atomic E-state index is 0.179. The molecule has 1 aliphatic carbocycles. The average Bonchev–Trinajstić information content (AvgIpc) is 2.57. The Balaban J connectivity index is 1.56. The Morgan fingerprint density at radius 1 is 1.23 bits per heavy atom. The Morgan fingerprint density at radius 3 is 2.91 bits per heavy atom. The van der Waals surface area contributed by atoms with Crippen LogP contribution < -0.4 is 5.32 Å². The third-order valence-corrected chi connectivity index (χ3v) is 3.97. The van der Waals surface area contributed by atoms with Gasteiger partial charge in [-0.15, -0.1) is 0 Å². The summed E-state index contributed by atoms with van der Waals surface area (Å²) in [6.45, 7) is 3.41. The Hall–Kier alpha value is -2.07. The van der Waals surface area contributed by atoms with Gasteiger partial charge in [0.2, 0.25) is 5.91 Å². The van der Waals surface area contributed by atoms with E-state index >= 15 is 0 Å². The third-order valence-electron chi connectivity index (χ3n) is 3.97. The topological polar surface area (TPSA) is 41.6 Å². The Labute approximate surface area is 131 Å². The third kappa shape index (κ3) is 3.98. The van der Waals surface area contributed by atoms with E-state index in [2.05, 4.69) is 29.6 Å². The van der Waals surface area contributed by atoms with Crippen LogP contribution in [0.15, 0.2) is 53.8 Å². The molecule has 1 N–H and O–H groups in total. The highest BCUT2D eigenvalue weighted by atomic mass is 16.5. The fraction of sp³-hybridized carbons (Fsp3) is 0.389. The number of amides is 1. The predicted molar refractivity (Wildman–Crippen MR) is 86.1 cm³/mol. The maximum absolute atomic E-state index is 11.8. The zero-order valence-electron chi connectivity index (χ0n) is 12.8. The zero-order chi connectivity index (χ0) is 15.2. The fourth-order valence-corrected chi connectivity index (χ4v) is 2.75. The molecule has 4 heteroatoms. The van der Waals surface area contributed by atoms with Crippen LogP contribution in [-0.2, 0) is 16.1 Å². The molecule has 0 unspecified atom stereocenters. The molecule has 1 amide bonds. The number of allylic oxidation sites excluding steroid dienone is 2. The number of hydrogen-bond donors (Lipinski definition) is 1. The van der Waals surface area contributed by atoms with E-state index in [1.165, 1.54) is 11.1 Å². The largest absolute Gasteiger partial charge is 0.493 e. The van der Waals surface area contributed by atoms with E-state index in [1.807, 2.05) is 23.1 Å². The second-order valence-corrected chi connectivity index (χ2v) is 5.69. The highest BCUT2D eigenvalue weighted by Gasteiger charge is 2.19. The monoisotopic (exact) mass is 298 g/mol. The molecule has 0 atom stereocenters. The van der Waals surface area contributed by atoms with Crippen molar-refractivity contribution in [1.29, 1.82) is 0 Å². The second kappa shape index (κ2) is 7.27. The molecule has 1 aromatic rings. The molecule has 1 aromatic carbocycles. The van der Waals surface area contributed by atoms with Crippen molar-refractivity contribution in [1.82, 2.24) is 10.2 Å². The van der Waals surface area contributed by atoms with Crippen LogP contribution in [0.5, 0.6) is 0 Å². The lowest BCUT2D eigenvalue weighted by molar-refractivity contribution is -0.131. The van der Waals surface area contributed by atoms with Crippen LogP contribution >= 0.6 is 0 Å². The summed E-state index contributed by atoms with van der Waals surface area (Å²) in [6, 6.07) is 10.2. The van der Waals surface area contributed by atoms with Gasteiger partial charge in [0.15, 0.2) is 0 Å². The number of carbonyl (C=O) groups excluding carboxylic acids is 1. The van der Waals surface area contributed by atoms with Crippen molar-refractivity contribution in [3.63, 3.8) is 0 Å². The summed E-state index contributed by atoms with van der Waals surface area (Å²) in [5, 5.41) is 3.10. The lowest BCUT2D eigenvalue weighted by atomic mass is 10.0. The van der Waals surface area contributed by atoms with E-state index in [1.54, 1.807) is 0 Å². The first-order chi connectivity index (χ1) is 10.8. The van der Waals surface area contributed by atoms with Gasteiger partial charge in [-0.1, -0.05) is 36.4 Å². The molecule has 0 spiro atoms. The molecule has 3 rings (SSSR count). The molecule has 1 heterocycles. The second-order valence-electron chi connectivity index (χ2n) is 5.69. The quantitative estimate of drug-likeness (QED) is 0.906. The molecule has 0 aromatic heterocycles. The molecule has 22 heavy (non-hydrogen) atoms. The summed E-state index contributed by atoms with van der Waals surface area (Å²) >= 11 is 0. The van der Waals surface area contributed by atoms with Gasteiger partial charge in [-0.3, -0.25) is 4.79 Å². The van der Waals surface area contributed by atoms with E-state index < -0.39 is 0 Å². The van der Waals surface area contributed by atoms with E-state index in [0.717, 1.165) is 31.7 Å². The molecule has 1 fully saturated rings. The number of carbonyl (C=O) groups is 1. The smallest absolute Gasteiger partial charge is 0.236 e. The van der Waals surface area contributed by atoms with Gasteiger partial charge in [-0.25, -0.2) is 0 Å². The van der Waals surface area contributed by atoms with E-state index in [-0.39, 0.29) is 5.91 Å². The normalized spacial score (nSPS) is 18.7. The number of rotatable bonds is 5. The van der Waals surface area contributed by atoms with Gasteiger partial charge < -0.3 is 15.0 Å². The van der Waals surface area contributed by atoms with Crippen molar-refractivity contribution in [2.45, 2.75) is 19.4 Å². The fourth-order valence-electron chi connectivity index (χ4n) is 2.75. The average molecular weight is 298 g/mol. The molecular weight excluding hydrogens is 276 g/mol. The van der Waals surface area contributed by atoms with Crippen LogP contribution in [-0.4, -0.2) is 37.0 Å². The first-order valence-corrected chi connectivity index (χ1v) is 7.86. The van der Waals surface area contributed by atoms with Crippen molar-refractivity contribution in [3.8, 4) is 0 Å². The summed E-state index contributed by atoms with van der Waals surface area (Å²) in [5.74, 6) is 1.20. The van der Waals surface area contributed by atoms with Crippen molar-refractivity contribution >= 4 is 5.91 Å². The van der Waals surface area contributed by atoms with E-state index in [0.29, 0.717) is 19.7 Å². The highest BCUT2D eigenvalue weighted by Crippen LogP contribution is 2.20. The van der Waals surface area contributed by atoms with Crippen molar-refractivity contribution < 1.29 is 9.53 Å². The van der Waals surface area contributed by atoms with Crippen LogP contribution in [0.1, 0.15) is 18.4 Å². The predicted octanol–water partition coefficient (Wildman–Crippen LogP) is 2.24. The van der Waals surface area contributed by atoms with E-state index in [9.17, 15) is 4.79 Å². The van der Waals surface area contributed by atoms with Crippen molar-refractivity contribution in [3.05, 3.63) is 59.4 Å². The SMILES string of the molecule is O=C1CNCCN1CC1=CCCC(OCc2ccccc2)=C1. The number of nitrogens with one attached hydrogen (secondary N) is 1. The van der Waals surface area contributed by atoms with Gasteiger partial charge in [-0.05, 0) is 23.6 Å². The molecule has 0 saturated carbocycles. The zero-order valence-corrected chi connectivity index (χ0v) is 12.8. The molecule has 4 nitrogen and oxygen atoms in total. The standard InChI is InChI=1S/C18H22N2O2/c21-18-12-19-9-10-20(18)13-16-7-4-8-17(11-16)22-14-15-5-2-1-3-6-15/h1-3,5-7,11,19H,4,8-10,12-14H2. The van der Waals surface area contributed by atoms with Crippen molar-refractivity contribution in [2.24, 2.45) is 0 Å². The Bertz CT molecular complexity index is 578. The minimum atomic E-state index is 0.179. The molecule has 0 radical (unpaired) electrons. The minimum Gasteiger partial charge on any atom is -0.493 e. The summed E-state index contributed by atoms with van der Waals surface area (Å²) in [6.07, 6.45) is 6.23. The van der Waals surface area contributed by atoms with Crippen LogP contribution in [0.25, 0.3) is 0 Å². The number of nitrogens with zero attached hydrogens (tertiary/aromatic N) is 1. The number of benzene rings is 1. The van der Waals surface area contributed by atoms with E-state index in [4.69, 9.17) is 4.74 Å². The molecule has 116 valence electrons. The van der Waals surface area contributed by atoms with Crippen LogP contribution in [0.2, 0.25) is 0 Å². The summed E-state index contributed by atoms with van der Waals surface area (Å²) in [7, 11) is 0. The number of hydrogen-bond acceptors (Lipinski definition) is 3. The molecule has 1 aliphatic heterocycles. The van der Waals surface area contributed by atoms with Gasteiger partial charge in [0.1, 0.15) is 6.61 Å². The van der Waals surface area contributed by atoms with Crippen LogP contribution in [0.4, 0.5) is 0 Å². The maximum Gasteiger partial charge on any atom is 0.236 e. The van der Waals surface area contributed by atoms with Gasteiger partial charge >= 0.3 is 0 Å². The first kappa shape index (κ1) is 14.9. The number of piperazine rings is 1. The number of ether oxygens (including phenoxy) is 1. The molecule has 2 aliphatic rings. The van der Waals surface area contributed by atoms with Gasteiger partial charge in [0.25, 0.3) is 0 Å². The molecule has 1 saturated heterocycles. The summed E-state index contributed by atoms with van der Waals surface area (Å²) in [5.41, 5.74) is 2.36. The molecular formula is C18H22N2O2. The van der Waals surface area contributed by atoms with Gasteiger partial charge in [-0.2, -0.15) is 0 Å². The van der Waals surface area contributed by atoms with Crippen LogP contribution in [0.3, 0.4) is 0 Å². The van der Waals surface area contributed by atoms with Gasteiger partial charge in [0.05, 0.1) is 12.3 Å². The maximum atomic E-state index is 11.8. The summed E-state index contributed by atoms with van der Waals surface area (Å²) in [4.78, 5) is 13.8. The lowest BCUT2D eigenvalue weighted by Crippen LogP contribution is -2.48. The Kier molecular flexibility index (Phi) is 4.91.